The fourth-order valence-corrected chi connectivity index (χ4v) is 1.68. The maximum atomic E-state index is 5.13. The molecule has 0 atom stereocenters. The van der Waals surface area contributed by atoms with Crippen molar-refractivity contribution in [3.05, 3.63) is 23.9 Å². The van der Waals surface area contributed by atoms with Crippen LogP contribution in [-0.4, -0.2) is 57.5 Å². The van der Waals surface area contributed by atoms with Gasteiger partial charge < -0.3 is 14.8 Å². The van der Waals surface area contributed by atoms with Crippen LogP contribution in [0.4, 0.5) is 5.82 Å². The van der Waals surface area contributed by atoms with Crippen molar-refractivity contribution >= 4 is 5.82 Å². The number of hydrogen-bond acceptors (Lipinski definition) is 5. The lowest BCUT2D eigenvalue weighted by Crippen LogP contribution is -2.30. The van der Waals surface area contributed by atoms with Crippen LogP contribution in [-0.2, 0) is 16.0 Å². The number of hydrogen-bond donors (Lipinski definition) is 1. The molecule has 18 heavy (non-hydrogen) atoms. The minimum atomic E-state index is 0.730. The summed E-state index contributed by atoms with van der Waals surface area (Å²) in [6, 6.07) is 4.10. The molecule has 0 fully saturated rings. The van der Waals surface area contributed by atoms with E-state index in [4.69, 9.17) is 9.47 Å². The van der Waals surface area contributed by atoms with Crippen LogP contribution in [0, 0.1) is 0 Å². The normalized spacial score (nSPS) is 10.9. The van der Waals surface area contributed by atoms with E-state index in [1.807, 2.05) is 19.3 Å². The van der Waals surface area contributed by atoms with E-state index in [9.17, 15) is 0 Å². The molecule has 0 aliphatic carbocycles. The highest BCUT2D eigenvalue weighted by Gasteiger charge is 2.06. The Bertz CT molecular complexity index is 326. The molecule has 1 rings (SSSR count). The molecular formula is C13H23N3O2. The summed E-state index contributed by atoms with van der Waals surface area (Å²) in [5, 5.41) is 3.05. The number of methoxy groups -OCH3 is 2. The SMILES string of the molecule is CNc1cc(CN(CCOC)CCOC)ccn1. The third-order valence-electron chi connectivity index (χ3n) is 2.71. The molecule has 1 heterocycles. The van der Waals surface area contributed by atoms with Crippen LogP contribution >= 0.6 is 0 Å². The van der Waals surface area contributed by atoms with Crippen LogP contribution in [0.5, 0.6) is 0 Å². The molecule has 0 aliphatic rings. The first-order chi connectivity index (χ1) is 8.80. The number of rotatable bonds is 9. The van der Waals surface area contributed by atoms with Crippen LogP contribution < -0.4 is 5.32 Å². The molecule has 0 unspecified atom stereocenters. The second-order valence-corrected chi connectivity index (χ2v) is 4.06. The Morgan fingerprint density at radius 1 is 1.22 bits per heavy atom. The number of aromatic nitrogens is 1. The van der Waals surface area contributed by atoms with E-state index in [2.05, 4.69) is 21.3 Å². The second kappa shape index (κ2) is 8.85. The first kappa shape index (κ1) is 14.9. The molecule has 0 spiro atoms. The smallest absolute Gasteiger partial charge is 0.125 e. The van der Waals surface area contributed by atoms with E-state index in [1.54, 1.807) is 14.2 Å². The van der Waals surface area contributed by atoms with Crippen molar-refractivity contribution in [3.8, 4) is 0 Å². The van der Waals surface area contributed by atoms with Gasteiger partial charge in [0.05, 0.1) is 13.2 Å². The third kappa shape index (κ3) is 5.44. The van der Waals surface area contributed by atoms with Gasteiger partial charge in [-0.15, -0.1) is 0 Å². The van der Waals surface area contributed by atoms with Gasteiger partial charge in [0.1, 0.15) is 5.82 Å². The molecule has 0 aromatic carbocycles. The predicted molar refractivity (Wildman–Crippen MR) is 72.8 cm³/mol. The summed E-state index contributed by atoms with van der Waals surface area (Å²) in [7, 11) is 5.32. The average Bonchev–Trinajstić information content (AvgIpc) is 2.42. The van der Waals surface area contributed by atoms with E-state index >= 15 is 0 Å². The highest BCUT2D eigenvalue weighted by molar-refractivity contribution is 5.36. The molecule has 102 valence electrons. The van der Waals surface area contributed by atoms with Gasteiger partial charge in [0, 0.05) is 47.1 Å². The Hall–Kier alpha value is -1.17. The maximum absolute atomic E-state index is 5.13. The molecular weight excluding hydrogens is 230 g/mol. The molecule has 5 nitrogen and oxygen atoms in total. The Morgan fingerprint density at radius 2 is 1.89 bits per heavy atom. The van der Waals surface area contributed by atoms with Crippen molar-refractivity contribution in [2.24, 2.45) is 0 Å². The Labute approximate surface area is 109 Å². The Morgan fingerprint density at radius 3 is 2.44 bits per heavy atom. The van der Waals surface area contributed by atoms with Crippen molar-refractivity contribution in [2.75, 3.05) is 52.9 Å². The Kier molecular flexibility index (Phi) is 7.32. The van der Waals surface area contributed by atoms with Gasteiger partial charge in [0.2, 0.25) is 0 Å². The van der Waals surface area contributed by atoms with Crippen LogP contribution in [0.3, 0.4) is 0 Å². The quantitative estimate of drug-likeness (QED) is 0.717. The molecule has 1 aromatic rings. The van der Waals surface area contributed by atoms with Crippen LogP contribution in [0.15, 0.2) is 18.3 Å². The molecule has 0 saturated heterocycles. The summed E-state index contributed by atoms with van der Waals surface area (Å²) in [6.45, 7) is 4.14. The third-order valence-corrected chi connectivity index (χ3v) is 2.71. The van der Waals surface area contributed by atoms with Crippen molar-refractivity contribution in [3.63, 3.8) is 0 Å². The molecule has 0 amide bonds. The van der Waals surface area contributed by atoms with E-state index in [-0.39, 0.29) is 0 Å². The van der Waals surface area contributed by atoms with Gasteiger partial charge in [-0.25, -0.2) is 4.98 Å². The molecule has 0 radical (unpaired) electrons. The van der Waals surface area contributed by atoms with Gasteiger partial charge in [-0.05, 0) is 17.7 Å². The van der Waals surface area contributed by atoms with Gasteiger partial charge in [-0.1, -0.05) is 0 Å². The number of ether oxygens (including phenoxy) is 2. The zero-order valence-electron chi connectivity index (χ0n) is 11.5. The summed E-state index contributed by atoms with van der Waals surface area (Å²) in [4.78, 5) is 6.52. The summed E-state index contributed by atoms with van der Waals surface area (Å²) < 4.78 is 10.3. The Balaban J connectivity index is 2.56. The van der Waals surface area contributed by atoms with Crippen molar-refractivity contribution in [2.45, 2.75) is 6.54 Å². The summed E-state index contributed by atoms with van der Waals surface area (Å²) >= 11 is 0. The largest absolute Gasteiger partial charge is 0.383 e. The lowest BCUT2D eigenvalue weighted by Gasteiger charge is -2.21. The van der Waals surface area contributed by atoms with Gasteiger partial charge in [-0.2, -0.15) is 0 Å². The van der Waals surface area contributed by atoms with E-state index < -0.39 is 0 Å². The minimum Gasteiger partial charge on any atom is -0.383 e. The van der Waals surface area contributed by atoms with E-state index in [1.165, 1.54) is 5.56 Å². The average molecular weight is 253 g/mol. The summed E-state index contributed by atoms with van der Waals surface area (Å²) in [5.74, 6) is 0.894. The molecule has 1 aromatic heterocycles. The topological polar surface area (TPSA) is 46.6 Å². The first-order valence-corrected chi connectivity index (χ1v) is 6.13. The highest BCUT2D eigenvalue weighted by atomic mass is 16.5. The fraction of sp³-hybridized carbons (Fsp3) is 0.615. The monoisotopic (exact) mass is 253 g/mol. The number of nitrogens with one attached hydrogen (secondary N) is 1. The van der Waals surface area contributed by atoms with Gasteiger partial charge in [0.15, 0.2) is 0 Å². The van der Waals surface area contributed by atoms with Crippen LogP contribution in [0.2, 0.25) is 0 Å². The van der Waals surface area contributed by atoms with E-state index in [0.717, 1.165) is 38.7 Å². The summed E-state index contributed by atoms with van der Waals surface area (Å²) in [6.07, 6.45) is 1.83. The molecule has 0 saturated carbocycles. The van der Waals surface area contributed by atoms with Gasteiger partial charge >= 0.3 is 0 Å². The molecule has 0 aliphatic heterocycles. The minimum absolute atomic E-state index is 0.730. The van der Waals surface area contributed by atoms with Crippen LogP contribution in [0.1, 0.15) is 5.56 Å². The van der Waals surface area contributed by atoms with Crippen LogP contribution in [0.25, 0.3) is 0 Å². The van der Waals surface area contributed by atoms with Crippen molar-refractivity contribution in [1.29, 1.82) is 0 Å². The van der Waals surface area contributed by atoms with Gasteiger partial charge in [-0.3, -0.25) is 4.90 Å². The maximum Gasteiger partial charge on any atom is 0.125 e. The molecule has 0 bridgehead atoms. The zero-order valence-corrected chi connectivity index (χ0v) is 11.5. The standard InChI is InChI=1S/C13H23N3O2/c1-14-13-10-12(4-5-15-13)11-16(6-8-17-2)7-9-18-3/h4-5,10H,6-9,11H2,1-3H3,(H,14,15). The van der Waals surface area contributed by atoms with Gasteiger partial charge in [0.25, 0.3) is 0 Å². The molecule has 5 heteroatoms. The van der Waals surface area contributed by atoms with Crippen molar-refractivity contribution < 1.29 is 9.47 Å². The highest BCUT2D eigenvalue weighted by Crippen LogP contribution is 2.09. The number of nitrogens with zero attached hydrogens (tertiary/aromatic N) is 2. The predicted octanol–water partition coefficient (Wildman–Crippen LogP) is 1.22. The number of anilines is 1. The zero-order chi connectivity index (χ0) is 13.2. The second-order valence-electron chi connectivity index (χ2n) is 4.06. The number of pyridine rings is 1. The molecule has 1 N–H and O–H groups in total. The first-order valence-electron chi connectivity index (χ1n) is 6.13. The van der Waals surface area contributed by atoms with Crippen molar-refractivity contribution in [1.82, 2.24) is 9.88 Å². The van der Waals surface area contributed by atoms with E-state index in [0.29, 0.717) is 0 Å². The lowest BCUT2D eigenvalue weighted by molar-refractivity contribution is 0.110. The lowest BCUT2D eigenvalue weighted by atomic mass is 10.2. The fourth-order valence-electron chi connectivity index (χ4n) is 1.68. The summed E-state index contributed by atoms with van der Waals surface area (Å²) in [5.41, 5.74) is 1.24.